The van der Waals surface area contributed by atoms with Gasteiger partial charge in [-0.25, -0.2) is 0 Å². The molecule has 0 radical (unpaired) electrons. The van der Waals surface area contributed by atoms with E-state index in [1.54, 1.807) is 0 Å². The Morgan fingerprint density at radius 3 is 2.86 bits per heavy atom. The Balaban J connectivity index is 1.42. The number of epoxide rings is 1. The molecule has 0 saturated carbocycles. The SMILES string of the molecule is O=C(NCCCCOCC1CO1)c1cccc2ccccc12. The standard InChI is InChI=1S/C18H21NO3/c20-18(19-10-3-4-11-21-12-15-13-22-15)17-9-5-7-14-6-1-2-8-16(14)17/h1-2,5-9,15H,3-4,10-13H2,(H,19,20). The minimum atomic E-state index is -0.0101. The third kappa shape index (κ3) is 4.06. The van der Waals surface area contributed by atoms with Crippen molar-refractivity contribution in [3.63, 3.8) is 0 Å². The fourth-order valence-electron chi connectivity index (χ4n) is 2.43. The number of carbonyl (C=O) groups excluding carboxylic acids is 1. The molecule has 0 spiro atoms. The second kappa shape index (κ2) is 7.38. The van der Waals surface area contributed by atoms with Crippen LogP contribution in [0.25, 0.3) is 10.8 Å². The molecule has 2 aromatic rings. The smallest absolute Gasteiger partial charge is 0.251 e. The van der Waals surface area contributed by atoms with Crippen LogP contribution in [0.5, 0.6) is 0 Å². The summed E-state index contributed by atoms with van der Waals surface area (Å²) in [4.78, 5) is 12.3. The van der Waals surface area contributed by atoms with Crippen LogP contribution in [0.1, 0.15) is 23.2 Å². The molecule has 1 amide bonds. The number of unbranched alkanes of at least 4 members (excludes halogenated alkanes) is 1. The first-order valence-corrected chi connectivity index (χ1v) is 7.80. The summed E-state index contributed by atoms with van der Waals surface area (Å²) in [6.07, 6.45) is 2.19. The van der Waals surface area contributed by atoms with E-state index in [0.29, 0.717) is 19.3 Å². The van der Waals surface area contributed by atoms with Crippen molar-refractivity contribution in [2.45, 2.75) is 18.9 Å². The predicted molar refractivity (Wildman–Crippen MR) is 86.1 cm³/mol. The maximum absolute atomic E-state index is 12.3. The summed E-state index contributed by atoms with van der Waals surface area (Å²) < 4.78 is 10.5. The lowest BCUT2D eigenvalue weighted by atomic mass is 10.0. The minimum Gasteiger partial charge on any atom is -0.379 e. The van der Waals surface area contributed by atoms with Crippen molar-refractivity contribution < 1.29 is 14.3 Å². The zero-order chi connectivity index (χ0) is 15.2. The summed E-state index contributed by atoms with van der Waals surface area (Å²) in [5.41, 5.74) is 0.736. The Morgan fingerprint density at radius 2 is 2.00 bits per heavy atom. The first-order chi connectivity index (χ1) is 10.8. The van der Waals surface area contributed by atoms with Gasteiger partial charge >= 0.3 is 0 Å². The van der Waals surface area contributed by atoms with Gasteiger partial charge in [0.25, 0.3) is 5.91 Å². The quantitative estimate of drug-likeness (QED) is 0.602. The third-order valence-electron chi connectivity index (χ3n) is 3.74. The van der Waals surface area contributed by atoms with Gasteiger partial charge in [-0.2, -0.15) is 0 Å². The van der Waals surface area contributed by atoms with Crippen LogP contribution in [0.4, 0.5) is 0 Å². The number of nitrogens with one attached hydrogen (secondary N) is 1. The summed E-state index contributed by atoms with van der Waals surface area (Å²) in [5.74, 6) is -0.0101. The number of hydrogen-bond donors (Lipinski definition) is 1. The van der Waals surface area contributed by atoms with Crippen LogP contribution in [0.15, 0.2) is 42.5 Å². The van der Waals surface area contributed by atoms with E-state index >= 15 is 0 Å². The van der Waals surface area contributed by atoms with Crippen molar-refractivity contribution in [2.24, 2.45) is 0 Å². The van der Waals surface area contributed by atoms with Crippen LogP contribution < -0.4 is 5.32 Å². The Morgan fingerprint density at radius 1 is 1.18 bits per heavy atom. The largest absolute Gasteiger partial charge is 0.379 e. The van der Waals surface area contributed by atoms with E-state index < -0.39 is 0 Å². The molecular formula is C18H21NO3. The highest BCUT2D eigenvalue weighted by atomic mass is 16.6. The lowest BCUT2D eigenvalue weighted by Gasteiger charge is -2.08. The topological polar surface area (TPSA) is 50.9 Å². The van der Waals surface area contributed by atoms with E-state index in [1.807, 2.05) is 42.5 Å². The van der Waals surface area contributed by atoms with Crippen LogP contribution in [-0.2, 0) is 9.47 Å². The number of carbonyl (C=O) groups is 1. The molecule has 0 aliphatic carbocycles. The first kappa shape index (κ1) is 15.0. The Hall–Kier alpha value is -1.91. The number of amides is 1. The molecule has 2 aromatic carbocycles. The van der Waals surface area contributed by atoms with E-state index in [-0.39, 0.29) is 5.91 Å². The summed E-state index contributed by atoms with van der Waals surface area (Å²) in [6, 6.07) is 13.8. The number of rotatable bonds is 8. The summed E-state index contributed by atoms with van der Waals surface area (Å²) in [5, 5.41) is 5.07. The van der Waals surface area contributed by atoms with Crippen LogP contribution in [-0.4, -0.2) is 38.4 Å². The average molecular weight is 299 g/mol. The molecule has 4 nitrogen and oxygen atoms in total. The highest BCUT2D eigenvalue weighted by Gasteiger charge is 2.21. The molecule has 0 aromatic heterocycles. The van der Waals surface area contributed by atoms with Gasteiger partial charge in [-0.3, -0.25) is 4.79 Å². The number of ether oxygens (including phenoxy) is 2. The predicted octanol–water partition coefficient (Wildman–Crippen LogP) is 2.77. The second-order valence-electron chi connectivity index (χ2n) is 5.52. The first-order valence-electron chi connectivity index (χ1n) is 7.80. The number of benzene rings is 2. The zero-order valence-electron chi connectivity index (χ0n) is 12.6. The number of hydrogen-bond acceptors (Lipinski definition) is 3. The van der Waals surface area contributed by atoms with E-state index in [0.717, 1.165) is 42.4 Å². The van der Waals surface area contributed by atoms with E-state index in [4.69, 9.17) is 9.47 Å². The fraction of sp³-hybridized carbons (Fsp3) is 0.389. The van der Waals surface area contributed by atoms with Crippen molar-refractivity contribution in [1.29, 1.82) is 0 Å². The van der Waals surface area contributed by atoms with Crippen LogP contribution >= 0.6 is 0 Å². The van der Waals surface area contributed by atoms with Crippen LogP contribution in [0.3, 0.4) is 0 Å². The van der Waals surface area contributed by atoms with Gasteiger partial charge in [0, 0.05) is 18.7 Å². The maximum Gasteiger partial charge on any atom is 0.251 e. The zero-order valence-corrected chi connectivity index (χ0v) is 12.6. The van der Waals surface area contributed by atoms with Gasteiger partial charge in [0.1, 0.15) is 6.10 Å². The van der Waals surface area contributed by atoms with E-state index in [9.17, 15) is 4.79 Å². The molecule has 1 N–H and O–H groups in total. The molecular weight excluding hydrogens is 278 g/mol. The Bertz CT molecular complexity index is 632. The minimum absolute atomic E-state index is 0.0101. The van der Waals surface area contributed by atoms with Crippen LogP contribution in [0.2, 0.25) is 0 Å². The highest BCUT2D eigenvalue weighted by Crippen LogP contribution is 2.18. The molecule has 1 fully saturated rings. The van der Waals surface area contributed by atoms with Crippen molar-refractivity contribution in [3.8, 4) is 0 Å². The lowest BCUT2D eigenvalue weighted by molar-refractivity contribution is 0.0947. The summed E-state index contributed by atoms with van der Waals surface area (Å²) in [6.45, 7) is 2.93. The van der Waals surface area contributed by atoms with Gasteiger partial charge in [0.15, 0.2) is 0 Å². The number of fused-ring (bicyclic) bond motifs is 1. The Labute approximate surface area is 130 Å². The maximum atomic E-state index is 12.3. The van der Waals surface area contributed by atoms with E-state index in [1.165, 1.54) is 0 Å². The normalized spacial score (nSPS) is 16.6. The highest BCUT2D eigenvalue weighted by molar-refractivity contribution is 6.06. The van der Waals surface area contributed by atoms with Gasteiger partial charge in [-0.1, -0.05) is 36.4 Å². The Kier molecular flexibility index (Phi) is 5.03. The van der Waals surface area contributed by atoms with Crippen LogP contribution in [0, 0.1) is 0 Å². The van der Waals surface area contributed by atoms with Gasteiger partial charge < -0.3 is 14.8 Å². The molecule has 0 bridgehead atoms. The average Bonchev–Trinajstić information content (AvgIpc) is 3.37. The lowest BCUT2D eigenvalue weighted by Crippen LogP contribution is -2.24. The molecule has 1 heterocycles. The molecule has 3 rings (SSSR count). The fourth-order valence-corrected chi connectivity index (χ4v) is 2.43. The van der Waals surface area contributed by atoms with Gasteiger partial charge in [0.05, 0.1) is 13.2 Å². The van der Waals surface area contributed by atoms with Gasteiger partial charge in [-0.15, -0.1) is 0 Å². The molecule has 116 valence electrons. The van der Waals surface area contributed by atoms with Gasteiger partial charge in [0.2, 0.25) is 0 Å². The second-order valence-corrected chi connectivity index (χ2v) is 5.52. The third-order valence-corrected chi connectivity index (χ3v) is 3.74. The van der Waals surface area contributed by atoms with Gasteiger partial charge in [-0.05, 0) is 29.7 Å². The molecule has 1 aliphatic heterocycles. The van der Waals surface area contributed by atoms with Crippen molar-refractivity contribution in [1.82, 2.24) is 5.32 Å². The van der Waals surface area contributed by atoms with Crippen molar-refractivity contribution in [3.05, 3.63) is 48.0 Å². The van der Waals surface area contributed by atoms with Crippen molar-refractivity contribution >= 4 is 16.7 Å². The molecule has 4 heteroatoms. The molecule has 1 unspecified atom stereocenters. The van der Waals surface area contributed by atoms with Crippen molar-refractivity contribution in [2.75, 3.05) is 26.4 Å². The molecule has 1 saturated heterocycles. The summed E-state index contributed by atoms with van der Waals surface area (Å²) >= 11 is 0. The molecule has 1 aliphatic rings. The monoisotopic (exact) mass is 299 g/mol. The summed E-state index contributed by atoms with van der Waals surface area (Å²) in [7, 11) is 0. The van der Waals surface area contributed by atoms with E-state index in [2.05, 4.69) is 5.32 Å². The molecule has 22 heavy (non-hydrogen) atoms. The molecule has 1 atom stereocenters.